The normalized spacial score (nSPS) is 12.4. The molecule has 0 aliphatic carbocycles. The molecule has 0 saturated heterocycles. The van der Waals surface area contributed by atoms with Crippen LogP contribution < -0.4 is 5.32 Å². The van der Waals surface area contributed by atoms with Crippen LogP contribution in [0.5, 0.6) is 0 Å². The number of rotatable bonds is 6. The zero-order valence-electron chi connectivity index (χ0n) is 13.4. The highest BCUT2D eigenvalue weighted by molar-refractivity contribution is 8.00. The Kier molecular flexibility index (Phi) is 5.66. The van der Waals surface area contributed by atoms with Gasteiger partial charge in [0.1, 0.15) is 5.76 Å². The van der Waals surface area contributed by atoms with Crippen molar-refractivity contribution in [3.63, 3.8) is 0 Å². The first kappa shape index (κ1) is 16.6. The SMILES string of the molecule is CCC(Sc1ccc(C(C)C)cc1)C(=O)Nc1cc(C)on1. The van der Waals surface area contributed by atoms with E-state index in [0.717, 1.165) is 11.3 Å². The quantitative estimate of drug-likeness (QED) is 0.790. The summed E-state index contributed by atoms with van der Waals surface area (Å²) in [5, 5.41) is 6.44. The average Bonchev–Trinajstić information content (AvgIpc) is 2.90. The first-order chi connectivity index (χ1) is 10.5. The molecule has 0 saturated carbocycles. The van der Waals surface area contributed by atoms with Gasteiger partial charge in [-0.15, -0.1) is 11.8 Å². The third-order valence-corrected chi connectivity index (χ3v) is 4.74. The van der Waals surface area contributed by atoms with Gasteiger partial charge in [-0.3, -0.25) is 4.79 Å². The number of aryl methyl sites for hydroxylation is 1. The van der Waals surface area contributed by atoms with Crippen molar-refractivity contribution in [2.24, 2.45) is 0 Å². The molecule has 1 heterocycles. The molecule has 1 unspecified atom stereocenters. The minimum absolute atomic E-state index is 0.0475. The smallest absolute Gasteiger partial charge is 0.239 e. The van der Waals surface area contributed by atoms with E-state index in [0.29, 0.717) is 17.5 Å². The number of anilines is 1. The minimum Gasteiger partial charge on any atom is -0.360 e. The van der Waals surface area contributed by atoms with Gasteiger partial charge in [-0.25, -0.2) is 0 Å². The molecule has 0 bridgehead atoms. The van der Waals surface area contributed by atoms with E-state index in [-0.39, 0.29) is 11.2 Å². The van der Waals surface area contributed by atoms with Crippen molar-refractivity contribution in [1.82, 2.24) is 5.16 Å². The molecule has 0 spiro atoms. The summed E-state index contributed by atoms with van der Waals surface area (Å²) in [6.45, 7) is 8.15. The number of aromatic nitrogens is 1. The summed E-state index contributed by atoms with van der Waals surface area (Å²) in [5.41, 5.74) is 1.31. The van der Waals surface area contributed by atoms with Crippen molar-refractivity contribution in [2.75, 3.05) is 5.32 Å². The van der Waals surface area contributed by atoms with Gasteiger partial charge in [-0.1, -0.05) is 38.1 Å². The van der Waals surface area contributed by atoms with Crippen molar-refractivity contribution in [1.29, 1.82) is 0 Å². The molecule has 1 aromatic heterocycles. The fourth-order valence-electron chi connectivity index (χ4n) is 2.05. The Labute approximate surface area is 135 Å². The van der Waals surface area contributed by atoms with Gasteiger partial charge >= 0.3 is 0 Å². The molecule has 0 aliphatic rings. The van der Waals surface area contributed by atoms with Gasteiger partial charge < -0.3 is 9.84 Å². The Bertz CT molecular complexity index is 620. The Balaban J connectivity index is 2.00. The Morgan fingerprint density at radius 1 is 1.32 bits per heavy atom. The third kappa shape index (κ3) is 4.37. The van der Waals surface area contributed by atoms with Gasteiger partial charge in [-0.05, 0) is 37.0 Å². The molecular formula is C17H22N2O2S. The maximum absolute atomic E-state index is 12.3. The fraction of sp³-hybridized carbons (Fsp3) is 0.412. The van der Waals surface area contributed by atoms with Gasteiger partial charge in [0.2, 0.25) is 5.91 Å². The third-order valence-electron chi connectivity index (χ3n) is 3.37. The molecule has 1 aromatic carbocycles. The number of benzene rings is 1. The van der Waals surface area contributed by atoms with E-state index < -0.39 is 0 Å². The summed E-state index contributed by atoms with van der Waals surface area (Å²) < 4.78 is 4.96. The van der Waals surface area contributed by atoms with Crippen molar-refractivity contribution in [3.05, 3.63) is 41.7 Å². The molecule has 1 N–H and O–H groups in total. The predicted molar refractivity (Wildman–Crippen MR) is 90.3 cm³/mol. The van der Waals surface area contributed by atoms with Gasteiger partial charge in [0.05, 0.1) is 5.25 Å². The zero-order chi connectivity index (χ0) is 16.1. The first-order valence-electron chi connectivity index (χ1n) is 7.50. The van der Waals surface area contributed by atoms with Crippen LogP contribution in [0.3, 0.4) is 0 Å². The second-order valence-electron chi connectivity index (χ2n) is 5.55. The highest BCUT2D eigenvalue weighted by Crippen LogP contribution is 2.28. The molecule has 0 fully saturated rings. The first-order valence-corrected chi connectivity index (χ1v) is 8.38. The maximum Gasteiger partial charge on any atom is 0.239 e. The van der Waals surface area contributed by atoms with Gasteiger partial charge in [0.25, 0.3) is 0 Å². The number of hydrogen-bond acceptors (Lipinski definition) is 4. The van der Waals surface area contributed by atoms with Gasteiger partial charge in [-0.2, -0.15) is 0 Å². The van der Waals surface area contributed by atoms with Gasteiger partial charge in [0.15, 0.2) is 5.82 Å². The number of nitrogens with zero attached hydrogens (tertiary/aromatic N) is 1. The summed E-state index contributed by atoms with van der Waals surface area (Å²) in [6, 6.07) is 10.1. The lowest BCUT2D eigenvalue weighted by molar-refractivity contribution is -0.115. The van der Waals surface area contributed by atoms with Crippen molar-refractivity contribution < 1.29 is 9.32 Å². The van der Waals surface area contributed by atoms with Crippen LogP contribution in [0, 0.1) is 6.92 Å². The van der Waals surface area contributed by atoms with Crippen LogP contribution in [0.25, 0.3) is 0 Å². The lowest BCUT2D eigenvalue weighted by Crippen LogP contribution is -2.24. The van der Waals surface area contributed by atoms with E-state index in [1.165, 1.54) is 5.56 Å². The van der Waals surface area contributed by atoms with Crippen LogP contribution in [-0.2, 0) is 4.79 Å². The molecule has 1 atom stereocenters. The second-order valence-corrected chi connectivity index (χ2v) is 6.83. The summed E-state index contributed by atoms with van der Waals surface area (Å²) in [5.74, 6) is 1.62. The van der Waals surface area contributed by atoms with E-state index in [1.54, 1.807) is 24.8 Å². The molecular weight excluding hydrogens is 296 g/mol. The van der Waals surface area contributed by atoms with E-state index in [1.807, 2.05) is 6.92 Å². The number of thioether (sulfide) groups is 1. The van der Waals surface area contributed by atoms with E-state index in [4.69, 9.17) is 4.52 Å². The van der Waals surface area contributed by atoms with Gasteiger partial charge in [0, 0.05) is 11.0 Å². The van der Waals surface area contributed by atoms with E-state index in [9.17, 15) is 4.79 Å². The van der Waals surface area contributed by atoms with Crippen LogP contribution in [0.4, 0.5) is 5.82 Å². The lowest BCUT2D eigenvalue weighted by Gasteiger charge is -2.14. The van der Waals surface area contributed by atoms with Crippen LogP contribution in [0.15, 0.2) is 39.8 Å². The van der Waals surface area contributed by atoms with Crippen LogP contribution in [0.1, 0.15) is 44.4 Å². The van der Waals surface area contributed by atoms with Crippen molar-refractivity contribution in [2.45, 2.75) is 50.2 Å². The number of nitrogens with one attached hydrogen (secondary N) is 1. The predicted octanol–water partition coefficient (Wildman–Crippen LogP) is 4.62. The van der Waals surface area contributed by atoms with E-state index >= 15 is 0 Å². The summed E-state index contributed by atoms with van der Waals surface area (Å²) in [4.78, 5) is 13.4. The molecule has 0 radical (unpaired) electrons. The zero-order valence-corrected chi connectivity index (χ0v) is 14.2. The molecule has 22 heavy (non-hydrogen) atoms. The molecule has 5 heteroatoms. The molecule has 2 aromatic rings. The Morgan fingerprint density at radius 3 is 2.50 bits per heavy atom. The van der Waals surface area contributed by atoms with Crippen LogP contribution in [-0.4, -0.2) is 16.3 Å². The second kappa shape index (κ2) is 7.49. The summed E-state index contributed by atoms with van der Waals surface area (Å²) in [6.07, 6.45) is 0.749. The Morgan fingerprint density at radius 2 is 2.00 bits per heavy atom. The molecule has 0 aliphatic heterocycles. The molecule has 118 valence electrons. The molecule has 2 rings (SSSR count). The topological polar surface area (TPSA) is 55.1 Å². The number of hydrogen-bond donors (Lipinski definition) is 1. The lowest BCUT2D eigenvalue weighted by atomic mass is 10.0. The fourth-order valence-corrected chi connectivity index (χ4v) is 3.00. The summed E-state index contributed by atoms with van der Waals surface area (Å²) >= 11 is 1.57. The average molecular weight is 318 g/mol. The maximum atomic E-state index is 12.3. The minimum atomic E-state index is -0.151. The van der Waals surface area contributed by atoms with Crippen molar-refractivity contribution in [3.8, 4) is 0 Å². The highest BCUT2D eigenvalue weighted by Gasteiger charge is 2.19. The largest absolute Gasteiger partial charge is 0.360 e. The standard InChI is InChI=1S/C17H22N2O2S/c1-5-15(17(20)18-16-10-12(4)21-19-16)22-14-8-6-13(7-9-14)11(2)3/h6-11,15H,5H2,1-4H3,(H,18,19,20). The number of carbonyl (C=O) groups is 1. The highest BCUT2D eigenvalue weighted by atomic mass is 32.2. The molecule has 1 amide bonds. The number of carbonyl (C=O) groups excluding carboxylic acids is 1. The van der Waals surface area contributed by atoms with Crippen LogP contribution >= 0.6 is 11.8 Å². The van der Waals surface area contributed by atoms with E-state index in [2.05, 4.69) is 48.6 Å². The van der Waals surface area contributed by atoms with Crippen molar-refractivity contribution >= 4 is 23.5 Å². The van der Waals surface area contributed by atoms with Crippen LogP contribution in [0.2, 0.25) is 0 Å². The molecule has 4 nitrogen and oxygen atoms in total. The Hall–Kier alpha value is -1.75. The number of amides is 1. The monoisotopic (exact) mass is 318 g/mol. The summed E-state index contributed by atoms with van der Waals surface area (Å²) in [7, 11) is 0.